The molecule has 25 heavy (non-hydrogen) atoms. The van der Waals surface area contributed by atoms with Crippen molar-refractivity contribution in [3.63, 3.8) is 0 Å². The third-order valence-electron chi connectivity index (χ3n) is 4.29. The van der Waals surface area contributed by atoms with Crippen LogP contribution in [0.1, 0.15) is 11.3 Å². The molecule has 2 heterocycles. The van der Waals surface area contributed by atoms with Gasteiger partial charge in [0.25, 0.3) is 0 Å². The van der Waals surface area contributed by atoms with Crippen molar-refractivity contribution in [2.24, 2.45) is 4.99 Å². The Morgan fingerprint density at radius 3 is 2.52 bits per heavy atom. The minimum atomic E-state index is 0.581. The zero-order valence-electron chi connectivity index (χ0n) is 13.0. The predicted octanol–water partition coefficient (Wildman–Crippen LogP) is 4.19. The number of benzene rings is 2. The third-order valence-corrected chi connectivity index (χ3v) is 4.29. The molecule has 2 aromatic carbocycles. The first-order valence-electron chi connectivity index (χ1n) is 7.78. The molecule has 2 aromatic heterocycles. The minimum Gasteiger partial charge on any atom is -0.464 e. The highest BCUT2D eigenvalue weighted by Gasteiger charge is 2.28. The SMILES string of the molecule is N#CN=C1c2ccccc2-c2nc3cc(-c4ccco4)ccc3nc21. The van der Waals surface area contributed by atoms with Crippen molar-refractivity contribution in [1.82, 2.24) is 9.97 Å². The van der Waals surface area contributed by atoms with Gasteiger partial charge in [-0.25, -0.2) is 9.97 Å². The van der Waals surface area contributed by atoms with E-state index in [9.17, 15) is 0 Å². The van der Waals surface area contributed by atoms with Gasteiger partial charge in [-0.3, -0.25) is 0 Å². The van der Waals surface area contributed by atoms with Gasteiger partial charge in [0.1, 0.15) is 17.2 Å². The lowest BCUT2D eigenvalue weighted by molar-refractivity contribution is 0.582. The van der Waals surface area contributed by atoms with Gasteiger partial charge in [0.15, 0.2) is 0 Å². The van der Waals surface area contributed by atoms with E-state index in [0.717, 1.165) is 39.2 Å². The fourth-order valence-electron chi connectivity index (χ4n) is 3.19. The van der Waals surface area contributed by atoms with E-state index in [1.807, 2.05) is 60.8 Å². The van der Waals surface area contributed by atoms with Gasteiger partial charge in [-0.05, 0) is 30.3 Å². The summed E-state index contributed by atoms with van der Waals surface area (Å²) < 4.78 is 5.46. The number of nitriles is 1. The molecule has 0 spiro atoms. The van der Waals surface area contributed by atoms with Crippen molar-refractivity contribution in [2.45, 2.75) is 0 Å². The molecule has 5 rings (SSSR count). The van der Waals surface area contributed by atoms with Gasteiger partial charge in [0.2, 0.25) is 6.19 Å². The summed E-state index contributed by atoms with van der Waals surface area (Å²) >= 11 is 0. The first-order chi connectivity index (χ1) is 12.3. The van der Waals surface area contributed by atoms with Crippen molar-refractivity contribution >= 4 is 16.7 Å². The van der Waals surface area contributed by atoms with E-state index in [2.05, 4.69) is 4.99 Å². The number of nitrogens with zero attached hydrogens (tertiary/aromatic N) is 4. The second-order valence-electron chi connectivity index (χ2n) is 5.71. The van der Waals surface area contributed by atoms with E-state index >= 15 is 0 Å². The molecule has 0 N–H and O–H groups in total. The second kappa shape index (κ2) is 5.11. The van der Waals surface area contributed by atoms with Crippen LogP contribution in [0.3, 0.4) is 0 Å². The summed E-state index contributed by atoms with van der Waals surface area (Å²) in [6.45, 7) is 0. The Bertz CT molecular complexity index is 1200. The van der Waals surface area contributed by atoms with Gasteiger partial charge < -0.3 is 4.42 Å². The topological polar surface area (TPSA) is 75.1 Å². The van der Waals surface area contributed by atoms with Crippen LogP contribution in [-0.4, -0.2) is 15.7 Å². The molecule has 0 unspecified atom stereocenters. The smallest absolute Gasteiger partial charge is 0.206 e. The Morgan fingerprint density at radius 2 is 1.72 bits per heavy atom. The van der Waals surface area contributed by atoms with Crippen LogP contribution in [0.15, 0.2) is 70.3 Å². The molecule has 0 atom stereocenters. The van der Waals surface area contributed by atoms with Crippen LogP contribution in [0.2, 0.25) is 0 Å². The Kier molecular flexibility index (Phi) is 2.79. The quantitative estimate of drug-likeness (QED) is 0.434. The zero-order chi connectivity index (χ0) is 16.8. The Labute approximate surface area is 142 Å². The first kappa shape index (κ1) is 13.6. The van der Waals surface area contributed by atoms with Crippen molar-refractivity contribution in [3.8, 4) is 28.8 Å². The molecule has 116 valence electrons. The first-order valence-corrected chi connectivity index (χ1v) is 7.78. The van der Waals surface area contributed by atoms with Gasteiger partial charge in [-0.15, -0.1) is 0 Å². The minimum absolute atomic E-state index is 0.581. The number of aromatic nitrogens is 2. The highest BCUT2D eigenvalue weighted by molar-refractivity contribution is 6.23. The highest BCUT2D eigenvalue weighted by atomic mass is 16.3. The molecule has 1 aliphatic rings. The number of furan rings is 1. The monoisotopic (exact) mass is 322 g/mol. The number of fused-ring (bicyclic) bond motifs is 4. The number of hydrogen-bond donors (Lipinski definition) is 0. The summed E-state index contributed by atoms with van der Waals surface area (Å²) in [6.07, 6.45) is 3.52. The fraction of sp³-hybridized carbons (Fsp3) is 0. The Balaban J connectivity index is 1.79. The van der Waals surface area contributed by atoms with Gasteiger partial charge in [-0.1, -0.05) is 24.3 Å². The van der Waals surface area contributed by atoms with Gasteiger partial charge >= 0.3 is 0 Å². The maximum atomic E-state index is 9.04. The summed E-state index contributed by atoms with van der Waals surface area (Å²) in [4.78, 5) is 13.5. The number of hydrogen-bond acceptors (Lipinski definition) is 5. The Hall–Kier alpha value is -3.78. The summed E-state index contributed by atoms with van der Waals surface area (Å²) in [5.41, 5.74) is 6.31. The standard InChI is InChI=1S/C20H10N4O/c21-11-22-18-13-4-1-2-5-14(13)19-20(18)23-15-8-7-12(10-16(15)24-19)17-6-3-9-25-17/h1-10H. The summed E-state index contributed by atoms with van der Waals surface area (Å²) in [5, 5.41) is 9.04. The molecule has 1 aliphatic carbocycles. The fourth-order valence-corrected chi connectivity index (χ4v) is 3.19. The van der Waals surface area contributed by atoms with Crippen molar-refractivity contribution in [1.29, 1.82) is 5.26 Å². The molecule has 0 radical (unpaired) electrons. The van der Waals surface area contributed by atoms with Crippen LogP contribution in [0.5, 0.6) is 0 Å². The van der Waals surface area contributed by atoms with Gasteiger partial charge in [0, 0.05) is 16.7 Å². The lowest BCUT2D eigenvalue weighted by atomic mass is 10.1. The second-order valence-corrected chi connectivity index (χ2v) is 5.71. The van der Waals surface area contributed by atoms with Crippen LogP contribution in [-0.2, 0) is 0 Å². The predicted molar refractivity (Wildman–Crippen MR) is 93.9 cm³/mol. The van der Waals surface area contributed by atoms with E-state index in [1.165, 1.54) is 0 Å². The van der Waals surface area contributed by atoms with E-state index in [1.54, 1.807) is 6.26 Å². The maximum Gasteiger partial charge on any atom is 0.206 e. The molecule has 5 heteroatoms. The number of rotatable bonds is 1. The molecule has 5 nitrogen and oxygen atoms in total. The molecule has 0 fully saturated rings. The van der Waals surface area contributed by atoms with E-state index < -0.39 is 0 Å². The molecule has 0 saturated heterocycles. The zero-order valence-corrected chi connectivity index (χ0v) is 13.0. The third kappa shape index (κ3) is 1.98. The average Bonchev–Trinajstić information content (AvgIpc) is 3.28. The molecule has 4 aromatic rings. The molecule has 0 aliphatic heterocycles. The van der Waals surface area contributed by atoms with Crippen molar-refractivity contribution < 1.29 is 4.42 Å². The summed E-state index contributed by atoms with van der Waals surface area (Å²) in [5.74, 6) is 0.788. The summed E-state index contributed by atoms with van der Waals surface area (Å²) in [6, 6.07) is 17.4. The lowest BCUT2D eigenvalue weighted by Gasteiger charge is -2.04. The summed E-state index contributed by atoms with van der Waals surface area (Å²) in [7, 11) is 0. The van der Waals surface area contributed by atoms with Crippen LogP contribution in [0.25, 0.3) is 33.6 Å². The maximum absolute atomic E-state index is 9.04. The molecular weight excluding hydrogens is 312 g/mol. The van der Waals surface area contributed by atoms with E-state index in [-0.39, 0.29) is 0 Å². The molecule has 0 saturated carbocycles. The van der Waals surface area contributed by atoms with Gasteiger partial charge in [0.05, 0.1) is 23.0 Å². The molecule has 0 bridgehead atoms. The van der Waals surface area contributed by atoms with Crippen molar-refractivity contribution in [3.05, 3.63) is 72.1 Å². The largest absolute Gasteiger partial charge is 0.464 e. The van der Waals surface area contributed by atoms with Gasteiger partial charge in [-0.2, -0.15) is 10.3 Å². The molecule has 0 amide bonds. The normalized spacial score (nSPS) is 13.6. The highest BCUT2D eigenvalue weighted by Crippen LogP contribution is 2.36. The number of aliphatic imine (C=N–C) groups is 1. The average molecular weight is 322 g/mol. The van der Waals surface area contributed by atoms with E-state index in [0.29, 0.717) is 11.4 Å². The van der Waals surface area contributed by atoms with E-state index in [4.69, 9.17) is 19.6 Å². The van der Waals surface area contributed by atoms with Crippen LogP contribution in [0.4, 0.5) is 0 Å². The van der Waals surface area contributed by atoms with Crippen LogP contribution >= 0.6 is 0 Å². The Morgan fingerprint density at radius 1 is 0.880 bits per heavy atom. The van der Waals surface area contributed by atoms with Crippen LogP contribution in [0, 0.1) is 11.5 Å². The van der Waals surface area contributed by atoms with Crippen molar-refractivity contribution in [2.75, 3.05) is 0 Å². The lowest BCUT2D eigenvalue weighted by Crippen LogP contribution is -2.01. The molecular formula is C20H10N4O. The van der Waals surface area contributed by atoms with Crippen LogP contribution < -0.4 is 0 Å².